The smallest absolute Gasteiger partial charge is 0.223 e. The number of phenols is 1. The molecule has 124 valence electrons. The van der Waals surface area contributed by atoms with Crippen LogP contribution in [-0.4, -0.2) is 35.3 Å². The van der Waals surface area contributed by atoms with E-state index in [-0.39, 0.29) is 29.9 Å². The summed E-state index contributed by atoms with van der Waals surface area (Å²) in [5.74, 6) is 0.234. The van der Waals surface area contributed by atoms with Crippen molar-refractivity contribution in [2.45, 2.75) is 25.2 Å². The third-order valence-electron chi connectivity index (χ3n) is 4.67. The molecular weight excluding hydrogens is 302 g/mol. The van der Waals surface area contributed by atoms with Gasteiger partial charge < -0.3 is 10.0 Å². The van der Waals surface area contributed by atoms with Gasteiger partial charge in [0.05, 0.1) is 6.54 Å². The largest absolute Gasteiger partial charge is 0.508 e. The number of hydrogen-bond donors (Lipinski definition) is 1. The lowest BCUT2D eigenvalue weighted by Crippen LogP contribution is -2.32. The Morgan fingerprint density at radius 3 is 2.58 bits per heavy atom. The van der Waals surface area contributed by atoms with Crippen molar-refractivity contribution in [3.8, 4) is 5.75 Å². The average Bonchev–Trinajstić information content (AvgIpc) is 2.98. The van der Waals surface area contributed by atoms with Gasteiger partial charge in [-0.3, -0.25) is 9.59 Å². The maximum absolute atomic E-state index is 12.5. The predicted molar refractivity (Wildman–Crippen MR) is 92.2 cm³/mol. The van der Waals surface area contributed by atoms with Crippen LogP contribution in [-0.2, 0) is 11.2 Å². The van der Waals surface area contributed by atoms with Crippen molar-refractivity contribution in [2.24, 2.45) is 0 Å². The van der Waals surface area contributed by atoms with Gasteiger partial charge in [0.2, 0.25) is 5.91 Å². The van der Waals surface area contributed by atoms with Gasteiger partial charge in [-0.2, -0.15) is 0 Å². The molecule has 0 saturated carbocycles. The minimum absolute atomic E-state index is 0.0103. The molecule has 1 N–H and O–H groups in total. The lowest BCUT2D eigenvalue weighted by atomic mass is 9.97. The third kappa shape index (κ3) is 3.48. The summed E-state index contributed by atoms with van der Waals surface area (Å²) in [5, 5.41) is 9.27. The van der Waals surface area contributed by atoms with Crippen LogP contribution in [0, 0.1) is 0 Å². The number of phenolic OH excluding ortho intramolecular Hbond substituents is 1. The van der Waals surface area contributed by atoms with Gasteiger partial charge in [0.1, 0.15) is 5.75 Å². The van der Waals surface area contributed by atoms with E-state index in [4.69, 9.17) is 0 Å². The van der Waals surface area contributed by atoms with Gasteiger partial charge >= 0.3 is 0 Å². The molecule has 4 heteroatoms. The van der Waals surface area contributed by atoms with Crippen molar-refractivity contribution in [1.82, 2.24) is 4.90 Å². The molecule has 0 fully saturated rings. The summed E-state index contributed by atoms with van der Waals surface area (Å²) in [6.45, 7) is 0.0535. The summed E-state index contributed by atoms with van der Waals surface area (Å²) in [4.78, 5) is 26.2. The molecule has 1 amide bonds. The molecule has 1 aliphatic rings. The van der Waals surface area contributed by atoms with Crippen molar-refractivity contribution < 1.29 is 14.7 Å². The summed E-state index contributed by atoms with van der Waals surface area (Å²) in [5.41, 5.74) is 3.10. The first-order valence-electron chi connectivity index (χ1n) is 8.18. The van der Waals surface area contributed by atoms with E-state index < -0.39 is 0 Å². The molecule has 2 aromatic carbocycles. The maximum Gasteiger partial charge on any atom is 0.223 e. The number of nitrogens with zero attached hydrogens (tertiary/aromatic N) is 1. The van der Waals surface area contributed by atoms with E-state index in [1.54, 1.807) is 19.2 Å². The Kier molecular flexibility index (Phi) is 4.65. The highest BCUT2D eigenvalue weighted by Gasteiger charge is 2.26. The Labute approximate surface area is 141 Å². The summed E-state index contributed by atoms with van der Waals surface area (Å²) >= 11 is 0. The molecule has 4 nitrogen and oxygen atoms in total. The van der Waals surface area contributed by atoms with Crippen molar-refractivity contribution in [1.29, 1.82) is 0 Å². The molecule has 0 aliphatic heterocycles. The summed E-state index contributed by atoms with van der Waals surface area (Å²) in [7, 11) is 1.67. The van der Waals surface area contributed by atoms with E-state index in [0.717, 1.165) is 12.8 Å². The van der Waals surface area contributed by atoms with Gasteiger partial charge in [-0.1, -0.05) is 24.3 Å². The van der Waals surface area contributed by atoms with Crippen LogP contribution in [0.3, 0.4) is 0 Å². The summed E-state index contributed by atoms with van der Waals surface area (Å²) < 4.78 is 0. The first-order valence-corrected chi connectivity index (χ1v) is 8.18. The fourth-order valence-corrected chi connectivity index (χ4v) is 3.27. The van der Waals surface area contributed by atoms with Crippen LogP contribution >= 0.6 is 0 Å². The fourth-order valence-electron chi connectivity index (χ4n) is 3.27. The molecule has 2 aromatic rings. The number of aromatic hydroxyl groups is 1. The number of ketones is 1. The Morgan fingerprint density at radius 2 is 1.83 bits per heavy atom. The first kappa shape index (κ1) is 16.2. The van der Waals surface area contributed by atoms with Gasteiger partial charge in [-0.25, -0.2) is 0 Å². The topological polar surface area (TPSA) is 57.6 Å². The normalized spacial score (nSPS) is 15.8. The van der Waals surface area contributed by atoms with Crippen LogP contribution in [0.1, 0.15) is 40.2 Å². The summed E-state index contributed by atoms with van der Waals surface area (Å²) in [6, 6.07) is 14.4. The summed E-state index contributed by atoms with van der Waals surface area (Å²) in [6.07, 6.45) is 2.45. The van der Waals surface area contributed by atoms with Gasteiger partial charge in [-0.05, 0) is 54.2 Å². The lowest BCUT2D eigenvalue weighted by molar-refractivity contribution is -0.129. The average molecular weight is 323 g/mol. The highest BCUT2D eigenvalue weighted by atomic mass is 16.3. The lowest BCUT2D eigenvalue weighted by Gasteiger charge is -2.19. The van der Waals surface area contributed by atoms with Crippen molar-refractivity contribution in [2.75, 3.05) is 13.6 Å². The molecular formula is C20H21NO3. The zero-order valence-corrected chi connectivity index (χ0v) is 13.7. The Balaban J connectivity index is 1.59. The molecule has 0 bridgehead atoms. The first-order chi connectivity index (χ1) is 11.5. The second-order valence-corrected chi connectivity index (χ2v) is 6.36. The highest BCUT2D eigenvalue weighted by Crippen LogP contribution is 2.35. The van der Waals surface area contributed by atoms with Crippen molar-refractivity contribution in [3.05, 3.63) is 65.2 Å². The number of hydrogen-bond acceptors (Lipinski definition) is 3. The maximum atomic E-state index is 12.5. The molecule has 0 aromatic heterocycles. The third-order valence-corrected chi connectivity index (χ3v) is 4.67. The predicted octanol–water partition coefficient (Wildman–Crippen LogP) is 3.15. The highest BCUT2D eigenvalue weighted by molar-refractivity contribution is 5.99. The van der Waals surface area contributed by atoms with Crippen LogP contribution in [0.2, 0.25) is 0 Å². The van der Waals surface area contributed by atoms with E-state index in [9.17, 15) is 14.7 Å². The van der Waals surface area contributed by atoms with Gasteiger partial charge in [-0.15, -0.1) is 0 Å². The van der Waals surface area contributed by atoms with Gasteiger partial charge in [0, 0.05) is 19.0 Å². The molecule has 0 spiro atoms. The van der Waals surface area contributed by atoms with E-state index in [1.807, 2.05) is 12.1 Å². The van der Waals surface area contributed by atoms with Crippen LogP contribution < -0.4 is 0 Å². The van der Waals surface area contributed by atoms with E-state index in [1.165, 1.54) is 28.2 Å². The Bertz CT molecular complexity index is 752. The number of Topliss-reactive ketones (excluding diaryl/α,β-unsaturated/α-hetero) is 1. The molecule has 0 heterocycles. The number of fused-ring (bicyclic) bond motifs is 1. The van der Waals surface area contributed by atoms with Crippen LogP contribution in [0.15, 0.2) is 48.5 Å². The van der Waals surface area contributed by atoms with Gasteiger partial charge in [0.15, 0.2) is 5.78 Å². The number of benzene rings is 2. The zero-order valence-electron chi connectivity index (χ0n) is 13.7. The van der Waals surface area contributed by atoms with Crippen molar-refractivity contribution in [3.63, 3.8) is 0 Å². The van der Waals surface area contributed by atoms with E-state index >= 15 is 0 Å². The molecule has 1 aliphatic carbocycles. The molecule has 0 radical (unpaired) electrons. The molecule has 24 heavy (non-hydrogen) atoms. The standard InChI is InChI=1S/C20H21NO3/c1-21(13-19(23)15-8-10-17(22)11-9-15)20(24)12-16-7-6-14-4-2-3-5-18(14)16/h2-5,8-11,16,22H,6-7,12-13H2,1H3. The quantitative estimate of drug-likeness (QED) is 0.860. The Hall–Kier alpha value is -2.62. The fraction of sp³-hybridized carbons (Fsp3) is 0.300. The minimum atomic E-state index is -0.127. The minimum Gasteiger partial charge on any atom is -0.508 e. The Morgan fingerprint density at radius 1 is 1.12 bits per heavy atom. The van der Waals surface area contributed by atoms with Crippen LogP contribution in [0.5, 0.6) is 5.75 Å². The van der Waals surface area contributed by atoms with Crippen molar-refractivity contribution >= 4 is 11.7 Å². The second kappa shape index (κ2) is 6.87. The molecule has 1 atom stereocenters. The number of carbonyl (C=O) groups is 2. The number of rotatable bonds is 5. The van der Waals surface area contributed by atoms with E-state index in [2.05, 4.69) is 12.1 Å². The van der Waals surface area contributed by atoms with E-state index in [0.29, 0.717) is 12.0 Å². The van der Waals surface area contributed by atoms with Gasteiger partial charge in [0.25, 0.3) is 0 Å². The monoisotopic (exact) mass is 323 g/mol. The number of aryl methyl sites for hydroxylation is 1. The molecule has 3 rings (SSSR count). The SMILES string of the molecule is CN(CC(=O)c1ccc(O)cc1)C(=O)CC1CCc2ccccc21. The number of amides is 1. The molecule has 0 saturated heterocycles. The molecule has 1 unspecified atom stereocenters. The van der Waals surface area contributed by atoms with Crippen LogP contribution in [0.25, 0.3) is 0 Å². The van der Waals surface area contributed by atoms with Crippen LogP contribution in [0.4, 0.5) is 0 Å². The second-order valence-electron chi connectivity index (χ2n) is 6.36. The zero-order chi connectivity index (χ0) is 17.1. The number of carbonyl (C=O) groups excluding carboxylic acids is 2. The number of likely N-dealkylation sites (N-methyl/N-ethyl adjacent to an activating group) is 1.